The van der Waals surface area contributed by atoms with E-state index in [1.165, 1.54) is 24.3 Å². The van der Waals surface area contributed by atoms with Crippen molar-refractivity contribution in [3.8, 4) is 0 Å². The topological polar surface area (TPSA) is 49.3 Å². The highest BCUT2D eigenvalue weighted by Gasteiger charge is 2.24. The van der Waals surface area contributed by atoms with Crippen LogP contribution in [-0.4, -0.2) is 17.6 Å². The zero-order valence-electron chi connectivity index (χ0n) is 12.4. The number of nitrogens with one attached hydrogen (secondary N) is 1. The lowest BCUT2D eigenvalue weighted by atomic mass is 9.96. The van der Waals surface area contributed by atoms with Crippen LogP contribution in [0.4, 0.5) is 4.39 Å². The lowest BCUT2D eigenvalue weighted by Crippen LogP contribution is -2.38. The molecule has 0 bridgehead atoms. The zero-order valence-corrected chi connectivity index (χ0v) is 13.1. The fraction of sp³-hybridized carbons (Fsp3) is 0.235. The number of rotatable bonds is 4. The summed E-state index contributed by atoms with van der Waals surface area (Å²) in [5, 5.41) is 13.7. The highest BCUT2D eigenvalue weighted by Crippen LogP contribution is 2.20. The van der Waals surface area contributed by atoms with E-state index in [0.717, 1.165) is 5.56 Å². The van der Waals surface area contributed by atoms with E-state index in [-0.39, 0.29) is 18.3 Å². The standard InChI is InChI=1S/C17H17ClFNO2/c1-11-9-13(18)5-8-15(11)16(21)20-10-17(2,22)12-3-6-14(19)7-4-12/h3-9,22H,10H2,1-2H3,(H,20,21). The van der Waals surface area contributed by atoms with Crippen molar-refractivity contribution in [1.82, 2.24) is 5.32 Å². The molecule has 0 spiro atoms. The van der Waals surface area contributed by atoms with Crippen LogP contribution in [0.3, 0.4) is 0 Å². The third-order valence-corrected chi connectivity index (χ3v) is 3.73. The van der Waals surface area contributed by atoms with Crippen molar-refractivity contribution in [1.29, 1.82) is 0 Å². The summed E-state index contributed by atoms with van der Waals surface area (Å²) < 4.78 is 12.9. The van der Waals surface area contributed by atoms with Crippen molar-refractivity contribution in [2.45, 2.75) is 19.4 Å². The Bertz CT molecular complexity index is 684. The van der Waals surface area contributed by atoms with Gasteiger partial charge in [0.1, 0.15) is 11.4 Å². The van der Waals surface area contributed by atoms with Gasteiger partial charge in [-0.3, -0.25) is 4.79 Å². The van der Waals surface area contributed by atoms with Gasteiger partial charge in [-0.15, -0.1) is 0 Å². The summed E-state index contributed by atoms with van der Waals surface area (Å²) in [6.07, 6.45) is 0. The number of carbonyl (C=O) groups is 1. The minimum Gasteiger partial charge on any atom is -0.384 e. The third-order valence-electron chi connectivity index (χ3n) is 3.49. The first kappa shape index (κ1) is 16.5. The monoisotopic (exact) mass is 321 g/mol. The first-order valence-electron chi connectivity index (χ1n) is 6.82. The maximum Gasteiger partial charge on any atom is 0.251 e. The summed E-state index contributed by atoms with van der Waals surface area (Å²) in [6.45, 7) is 3.37. The fourth-order valence-corrected chi connectivity index (χ4v) is 2.37. The van der Waals surface area contributed by atoms with Gasteiger partial charge in [-0.25, -0.2) is 4.39 Å². The summed E-state index contributed by atoms with van der Waals surface area (Å²) in [5.74, 6) is -0.670. The van der Waals surface area contributed by atoms with Crippen molar-refractivity contribution in [3.05, 3.63) is 70.0 Å². The number of amides is 1. The van der Waals surface area contributed by atoms with Crippen LogP contribution in [0.5, 0.6) is 0 Å². The Hall–Kier alpha value is -1.91. The minimum absolute atomic E-state index is 0.0134. The summed E-state index contributed by atoms with van der Waals surface area (Å²) in [6, 6.07) is 10.5. The largest absolute Gasteiger partial charge is 0.384 e. The Morgan fingerprint density at radius 2 is 1.91 bits per heavy atom. The minimum atomic E-state index is -1.29. The molecule has 22 heavy (non-hydrogen) atoms. The Morgan fingerprint density at radius 1 is 1.27 bits per heavy atom. The molecule has 116 valence electrons. The second kappa shape index (κ2) is 6.46. The average molecular weight is 322 g/mol. The lowest BCUT2D eigenvalue weighted by Gasteiger charge is -2.24. The van der Waals surface area contributed by atoms with Crippen molar-refractivity contribution in [3.63, 3.8) is 0 Å². The molecule has 0 saturated carbocycles. The van der Waals surface area contributed by atoms with Crippen molar-refractivity contribution < 1.29 is 14.3 Å². The smallest absolute Gasteiger partial charge is 0.251 e. The normalized spacial score (nSPS) is 13.5. The predicted octanol–water partition coefficient (Wildman–Crippen LogP) is 3.43. The van der Waals surface area contributed by atoms with Gasteiger partial charge in [0.25, 0.3) is 5.91 Å². The molecule has 1 atom stereocenters. The Kier molecular flexibility index (Phi) is 4.84. The first-order chi connectivity index (χ1) is 10.3. The quantitative estimate of drug-likeness (QED) is 0.906. The van der Waals surface area contributed by atoms with Crippen LogP contribution >= 0.6 is 11.6 Å². The number of aryl methyl sites for hydroxylation is 1. The second-order valence-electron chi connectivity index (χ2n) is 5.42. The Balaban J connectivity index is 2.08. The second-order valence-corrected chi connectivity index (χ2v) is 5.86. The molecule has 1 amide bonds. The Morgan fingerprint density at radius 3 is 2.50 bits per heavy atom. The predicted molar refractivity (Wildman–Crippen MR) is 84.5 cm³/mol. The summed E-state index contributed by atoms with van der Waals surface area (Å²) in [7, 11) is 0. The van der Waals surface area contributed by atoms with E-state index in [4.69, 9.17) is 11.6 Å². The van der Waals surface area contributed by atoms with Crippen LogP contribution in [0.2, 0.25) is 5.02 Å². The van der Waals surface area contributed by atoms with E-state index in [9.17, 15) is 14.3 Å². The number of benzene rings is 2. The maximum absolute atomic E-state index is 12.9. The molecule has 5 heteroatoms. The SMILES string of the molecule is Cc1cc(Cl)ccc1C(=O)NCC(C)(O)c1ccc(F)cc1. The van der Waals surface area contributed by atoms with Gasteiger partial charge in [0.15, 0.2) is 0 Å². The molecule has 0 aliphatic rings. The highest BCUT2D eigenvalue weighted by molar-refractivity contribution is 6.30. The van der Waals surface area contributed by atoms with E-state index >= 15 is 0 Å². The molecular formula is C17H17ClFNO2. The molecule has 2 aromatic rings. The number of aliphatic hydroxyl groups is 1. The van der Waals surface area contributed by atoms with Gasteiger partial charge in [-0.1, -0.05) is 23.7 Å². The van der Waals surface area contributed by atoms with Gasteiger partial charge in [0, 0.05) is 10.6 Å². The fourth-order valence-electron chi connectivity index (χ4n) is 2.14. The van der Waals surface area contributed by atoms with Crippen LogP contribution in [0, 0.1) is 12.7 Å². The molecule has 3 nitrogen and oxygen atoms in total. The van der Waals surface area contributed by atoms with Gasteiger partial charge in [0.2, 0.25) is 0 Å². The maximum atomic E-state index is 12.9. The molecule has 0 radical (unpaired) electrons. The molecule has 0 fully saturated rings. The van der Waals surface area contributed by atoms with Crippen LogP contribution in [0.25, 0.3) is 0 Å². The van der Waals surface area contributed by atoms with Gasteiger partial charge < -0.3 is 10.4 Å². The molecule has 0 aliphatic carbocycles. The van der Waals surface area contributed by atoms with E-state index in [2.05, 4.69) is 5.32 Å². The molecule has 1 unspecified atom stereocenters. The molecule has 0 aliphatic heterocycles. The molecule has 0 heterocycles. The van der Waals surface area contributed by atoms with Crippen LogP contribution in [0.1, 0.15) is 28.4 Å². The molecule has 2 rings (SSSR count). The number of hydrogen-bond acceptors (Lipinski definition) is 2. The number of halogens is 2. The number of carbonyl (C=O) groups excluding carboxylic acids is 1. The molecule has 0 saturated heterocycles. The highest BCUT2D eigenvalue weighted by atomic mass is 35.5. The number of hydrogen-bond donors (Lipinski definition) is 2. The van der Waals surface area contributed by atoms with Crippen LogP contribution in [0.15, 0.2) is 42.5 Å². The van der Waals surface area contributed by atoms with E-state index in [1.54, 1.807) is 32.0 Å². The summed E-state index contributed by atoms with van der Waals surface area (Å²) >= 11 is 5.86. The summed E-state index contributed by atoms with van der Waals surface area (Å²) in [5.41, 5.74) is 0.497. The van der Waals surface area contributed by atoms with Crippen LogP contribution in [-0.2, 0) is 5.60 Å². The molecular weight excluding hydrogens is 305 g/mol. The molecule has 2 N–H and O–H groups in total. The van der Waals surface area contributed by atoms with Gasteiger partial charge in [0.05, 0.1) is 6.54 Å². The van der Waals surface area contributed by atoms with E-state index in [0.29, 0.717) is 16.1 Å². The van der Waals surface area contributed by atoms with E-state index in [1.807, 2.05) is 0 Å². The lowest BCUT2D eigenvalue weighted by molar-refractivity contribution is 0.0525. The summed E-state index contributed by atoms with van der Waals surface area (Å²) in [4.78, 5) is 12.2. The third kappa shape index (κ3) is 3.84. The zero-order chi connectivity index (χ0) is 16.3. The van der Waals surface area contributed by atoms with Crippen molar-refractivity contribution >= 4 is 17.5 Å². The Labute approximate surface area is 133 Å². The van der Waals surface area contributed by atoms with Gasteiger partial charge in [-0.05, 0) is 55.3 Å². The van der Waals surface area contributed by atoms with Crippen LogP contribution < -0.4 is 5.32 Å². The average Bonchev–Trinajstić information content (AvgIpc) is 2.45. The van der Waals surface area contributed by atoms with Gasteiger partial charge >= 0.3 is 0 Å². The van der Waals surface area contributed by atoms with Gasteiger partial charge in [-0.2, -0.15) is 0 Å². The molecule has 0 aromatic heterocycles. The van der Waals surface area contributed by atoms with Crippen molar-refractivity contribution in [2.24, 2.45) is 0 Å². The first-order valence-corrected chi connectivity index (χ1v) is 7.20. The van der Waals surface area contributed by atoms with E-state index < -0.39 is 5.60 Å². The van der Waals surface area contributed by atoms with Crippen molar-refractivity contribution in [2.75, 3.05) is 6.54 Å². The molecule has 2 aromatic carbocycles.